The van der Waals surface area contributed by atoms with Crippen molar-refractivity contribution in [2.24, 2.45) is 11.7 Å². The minimum Gasteiger partial charge on any atom is -0.482 e. The molecular weight excluding hydrogens is 407 g/mol. The molecule has 2 aromatic rings. The van der Waals surface area contributed by atoms with E-state index < -0.39 is 5.91 Å². The van der Waals surface area contributed by atoms with E-state index in [-0.39, 0.29) is 12.5 Å². The van der Waals surface area contributed by atoms with E-state index in [0.29, 0.717) is 32.3 Å². The standard InChI is InChI=1S/C19H20Cl2N2O3S/c1-2-10-3-5-12-15(7-10)27-19(17(12)18(22)25)23-16(24)9-26-14-6-4-11(20)8-13(14)21/h4,6,8,10H,2-3,5,7,9H2,1H3,(H2,22,25)(H,23,24). The van der Waals surface area contributed by atoms with E-state index in [0.717, 1.165) is 36.1 Å². The molecule has 8 heteroatoms. The molecule has 0 radical (unpaired) electrons. The molecule has 0 saturated carbocycles. The summed E-state index contributed by atoms with van der Waals surface area (Å²) in [6.07, 6.45) is 3.87. The number of benzene rings is 1. The number of hydrogen-bond acceptors (Lipinski definition) is 4. The molecule has 1 aliphatic rings. The molecule has 0 bridgehead atoms. The number of ether oxygens (including phenoxy) is 1. The molecule has 1 aliphatic carbocycles. The Balaban J connectivity index is 1.72. The second-order valence-electron chi connectivity index (χ2n) is 6.50. The van der Waals surface area contributed by atoms with Crippen molar-refractivity contribution in [2.75, 3.05) is 11.9 Å². The molecular formula is C19H20Cl2N2O3S. The molecule has 2 amide bonds. The third-order valence-electron chi connectivity index (χ3n) is 4.70. The van der Waals surface area contributed by atoms with E-state index >= 15 is 0 Å². The van der Waals surface area contributed by atoms with Crippen LogP contribution in [0.2, 0.25) is 10.0 Å². The quantitative estimate of drug-likeness (QED) is 0.702. The minimum atomic E-state index is -0.514. The lowest BCUT2D eigenvalue weighted by molar-refractivity contribution is -0.118. The first-order chi connectivity index (χ1) is 12.9. The van der Waals surface area contributed by atoms with Gasteiger partial charge < -0.3 is 15.8 Å². The van der Waals surface area contributed by atoms with Gasteiger partial charge in [0, 0.05) is 9.90 Å². The van der Waals surface area contributed by atoms with Crippen LogP contribution in [0.3, 0.4) is 0 Å². The van der Waals surface area contributed by atoms with Gasteiger partial charge in [0.25, 0.3) is 11.8 Å². The summed E-state index contributed by atoms with van der Waals surface area (Å²) in [6.45, 7) is 1.93. The fourth-order valence-electron chi connectivity index (χ4n) is 3.25. The highest BCUT2D eigenvalue weighted by molar-refractivity contribution is 7.17. The molecule has 0 aliphatic heterocycles. The predicted molar refractivity (Wildman–Crippen MR) is 109 cm³/mol. The number of carbonyl (C=O) groups is 2. The van der Waals surface area contributed by atoms with Crippen molar-refractivity contribution in [3.05, 3.63) is 44.2 Å². The van der Waals surface area contributed by atoms with Crippen molar-refractivity contribution in [3.8, 4) is 5.75 Å². The van der Waals surface area contributed by atoms with E-state index in [1.165, 1.54) is 11.3 Å². The first-order valence-electron chi connectivity index (χ1n) is 8.71. The highest BCUT2D eigenvalue weighted by Crippen LogP contribution is 2.40. The Labute approximate surface area is 171 Å². The number of nitrogens with two attached hydrogens (primary N) is 1. The summed E-state index contributed by atoms with van der Waals surface area (Å²) in [6, 6.07) is 4.77. The SMILES string of the molecule is CCC1CCc2c(sc(NC(=O)COc3ccc(Cl)cc3Cl)c2C(N)=O)C1. The maximum absolute atomic E-state index is 12.3. The summed E-state index contributed by atoms with van der Waals surface area (Å²) in [5.74, 6) is 0.0759. The van der Waals surface area contributed by atoms with Crippen LogP contribution in [0.15, 0.2) is 18.2 Å². The molecule has 1 aromatic heterocycles. The smallest absolute Gasteiger partial charge is 0.262 e. The Morgan fingerprint density at radius 1 is 1.37 bits per heavy atom. The van der Waals surface area contributed by atoms with Gasteiger partial charge in [0.1, 0.15) is 10.8 Å². The van der Waals surface area contributed by atoms with E-state index in [1.54, 1.807) is 18.2 Å². The van der Waals surface area contributed by atoms with Crippen molar-refractivity contribution >= 4 is 51.4 Å². The van der Waals surface area contributed by atoms with Crippen LogP contribution < -0.4 is 15.8 Å². The molecule has 1 unspecified atom stereocenters. The number of rotatable bonds is 6. The topological polar surface area (TPSA) is 81.4 Å². The summed E-state index contributed by atoms with van der Waals surface area (Å²) >= 11 is 13.3. The van der Waals surface area contributed by atoms with Gasteiger partial charge in [0.15, 0.2) is 6.61 Å². The normalized spacial score (nSPS) is 15.9. The van der Waals surface area contributed by atoms with Gasteiger partial charge in [-0.3, -0.25) is 9.59 Å². The number of halogens is 2. The first-order valence-corrected chi connectivity index (χ1v) is 10.3. The van der Waals surface area contributed by atoms with Crippen LogP contribution in [0.1, 0.15) is 40.6 Å². The Bertz CT molecular complexity index is 882. The lowest BCUT2D eigenvalue weighted by Crippen LogP contribution is -2.23. The molecule has 1 atom stereocenters. The molecule has 3 N–H and O–H groups in total. The van der Waals surface area contributed by atoms with Gasteiger partial charge in [-0.1, -0.05) is 36.5 Å². The predicted octanol–water partition coefficient (Wildman–Crippen LogP) is 4.69. The fourth-order valence-corrected chi connectivity index (χ4v) is 5.10. The van der Waals surface area contributed by atoms with Gasteiger partial charge in [0.05, 0.1) is 10.6 Å². The first kappa shape index (κ1) is 20.0. The molecule has 144 valence electrons. The summed E-state index contributed by atoms with van der Waals surface area (Å²) < 4.78 is 5.45. The fraction of sp³-hybridized carbons (Fsp3) is 0.368. The van der Waals surface area contributed by atoms with E-state index in [2.05, 4.69) is 12.2 Å². The second kappa shape index (κ2) is 8.50. The lowest BCUT2D eigenvalue weighted by atomic mass is 9.85. The average molecular weight is 427 g/mol. The number of primary amides is 1. The van der Waals surface area contributed by atoms with Gasteiger partial charge in [-0.15, -0.1) is 11.3 Å². The zero-order valence-corrected chi connectivity index (χ0v) is 17.1. The van der Waals surface area contributed by atoms with E-state index in [1.807, 2.05) is 0 Å². The van der Waals surface area contributed by atoms with Crippen LogP contribution in [0.4, 0.5) is 5.00 Å². The zero-order valence-electron chi connectivity index (χ0n) is 14.8. The third kappa shape index (κ3) is 4.57. The molecule has 1 aromatic carbocycles. The molecule has 3 rings (SSSR count). The van der Waals surface area contributed by atoms with E-state index in [4.69, 9.17) is 33.7 Å². The molecule has 27 heavy (non-hydrogen) atoms. The van der Waals surface area contributed by atoms with Crippen LogP contribution >= 0.6 is 34.5 Å². The lowest BCUT2D eigenvalue weighted by Gasteiger charge is -2.20. The number of amides is 2. The molecule has 0 spiro atoms. The average Bonchev–Trinajstić information content (AvgIpc) is 2.97. The maximum atomic E-state index is 12.3. The zero-order chi connectivity index (χ0) is 19.6. The van der Waals surface area contributed by atoms with Crippen molar-refractivity contribution in [1.82, 2.24) is 0 Å². The minimum absolute atomic E-state index is 0.236. The summed E-state index contributed by atoms with van der Waals surface area (Å²) in [5, 5.41) is 4.08. The van der Waals surface area contributed by atoms with Gasteiger partial charge in [-0.25, -0.2) is 0 Å². The van der Waals surface area contributed by atoms with Crippen LogP contribution in [0.5, 0.6) is 5.75 Å². The monoisotopic (exact) mass is 426 g/mol. The number of hydrogen-bond donors (Lipinski definition) is 2. The van der Waals surface area contributed by atoms with Gasteiger partial charge in [-0.2, -0.15) is 0 Å². The number of nitrogens with one attached hydrogen (secondary N) is 1. The summed E-state index contributed by atoms with van der Waals surface area (Å²) in [5.41, 5.74) is 6.99. The number of fused-ring (bicyclic) bond motifs is 1. The largest absolute Gasteiger partial charge is 0.482 e. The van der Waals surface area contributed by atoms with Crippen molar-refractivity contribution < 1.29 is 14.3 Å². The number of anilines is 1. The number of thiophene rings is 1. The Morgan fingerprint density at radius 2 is 2.15 bits per heavy atom. The summed E-state index contributed by atoms with van der Waals surface area (Å²) in [7, 11) is 0. The Kier molecular flexibility index (Phi) is 6.29. The second-order valence-corrected chi connectivity index (χ2v) is 8.45. The van der Waals surface area contributed by atoms with Crippen molar-refractivity contribution in [1.29, 1.82) is 0 Å². The molecule has 5 nitrogen and oxygen atoms in total. The highest BCUT2D eigenvalue weighted by atomic mass is 35.5. The van der Waals surface area contributed by atoms with Crippen molar-refractivity contribution in [2.45, 2.75) is 32.6 Å². The number of carbonyl (C=O) groups excluding carboxylic acids is 2. The van der Waals surface area contributed by atoms with Crippen LogP contribution in [-0.4, -0.2) is 18.4 Å². The van der Waals surface area contributed by atoms with Gasteiger partial charge >= 0.3 is 0 Å². The third-order valence-corrected chi connectivity index (χ3v) is 6.40. The molecule has 0 saturated heterocycles. The van der Waals surface area contributed by atoms with Crippen LogP contribution in [0, 0.1) is 5.92 Å². The van der Waals surface area contributed by atoms with E-state index in [9.17, 15) is 9.59 Å². The van der Waals surface area contributed by atoms with Crippen LogP contribution in [-0.2, 0) is 17.6 Å². The molecule has 0 fully saturated rings. The Hall–Kier alpha value is -1.76. The maximum Gasteiger partial charge on any atom is 0.262 e. The molecule has 1 heterocycles. The van der Waals surface area contributed by atoms with Gasteiger partial charge in [-0.05, 0) is 48.9 Å². The Morgan fingerprint density at radius 3 is 2.81 bits per heavy atom. The van der Waals surface area contributed by atoms with Gasteiger partial charge in [0.2, 0.25) is 0 Å². The highest BCUT2D eigenvalue weighted by Gasteiger charge is 2.28. The van der Waals surface area contributed by atoms with Crippen molar-refractivity contribution in [3.63, 3.8) is 0 Å². The van der Waals surface area contributed by atoms with Crippen LogP contribution in [0.25, 0.3) is 0 Å². The summed E-state index contributed by atoms with van der Waals surface area (Å²) in [4.78, 5) is 25.4.